The molecule has 0 saturated heterocycles. The van der Waals surface area contributed by atoms with Crippen molar-refractivity contribution in [3.63, 3.8) is 0 Å². The molecule has 0 saturated carbocycles. The normalized spacial score (nSPS) is 14.6. The van der Waals surface area contributed by atoms with Crippen LogP contribution in [0.1, 0.15) is 26.3 Å². The number of aromatic nitrogens is 1. The lowest BCUT2D eigenvalue weighted by molar-refractivity contribution is 0.590. The maximum atomic E-state index is 4.63. The largest absolute Gasteiger partial charge is 0.353 e. The molecule has 0 N–H and O–H groups in total. The van der Waals surface area contributed by atoms with Crippen molar-refractivity contribution < 1.29 is 0 Å². The van der Waals surface area contributed by atoms with Crippen LogP contribution >= 0.6 is 0 Å². The van der Waals surface area contributed by atoms with Gasteiger partial charge in [-0.15, -0.1) is 0 Å². The minimum atomic E-state index is 0.119. The van der Waals surface area contributed by atoms with Crippen molar-refractivity contribution in [3.8, 4) is 0 Å². The predicted octanol–water partition coefficient (Wildman–Crippen LogP) is 3.92. The van der Waals surface area contributed by atoms with Crippen molar-refractivity contribution in [2.24, 2.45) is 0 Å². The van der Waals surface area contributed by atoms with Crippen LogP contribution in [0.15, 0.2) is 42.6 Å². The second-order valence-electron chi connectivity index (χ2n) is 6.38. The van der Waals surface area contributed by atoms with Gasteiger partial charge in [0.2, 0.25) is 0 Å². The quantitative estimate of drug-likeness (QED) is 0.780. The third-order valence-electron chi connectivity index (χ3n) is 3.77. The van der Waals surface area contributed by atoms with Gasteiger partial charge >= 0.3 is 0 Å². The molecule has 0 bridgehead atoms. The Labute approximate surface area is 120 Å². The number of pyridine rings is 1. The van der Waals surface area contributed by atoms with Crippen LogP contribution in [-0.4, -0.2) is 18.7 Å². The van der Waals surface area contributed by atoms with E-state index in [1.54, 1.807) is 0 Å². The molecular formula is C17H21N3. The van der Waals surface area contributed by atoms with Gasteiger partial charge in [0.15, 0.2) is 5.82 Å². The molecule has 3 rings (SSSR count). The summed E-state index contributed by atoms with van der Waals surface area (Å²) in [6, 6.07) is 12.6. The van der Waals surface area contributed by atoms with Crippen LogP contribution in [0.5, 0.6) is 0 Å². The lowest BCUT2D eigenvalue weighted by Gasteiger charge is -2.24. The molecule has 1 aromatic heterocycles. The van der Waals surface area contributed by atoms with Crippen molar-refractivity contribution in [1.29, 1.82) is 0 Å². The number of hydrogen-bond donors (Lipinski definition) is 0. The van der Waals surface area contributed by atoms with E-state index in [0.29, 0.717) is 0 Å². The van der Waals surface area contributed by atoms with Gasteiger partial charge in [-0.3, -0.25) is 0 Å². The van der Waals surface area contributed by atoms with Gasteiger partial charge in [0, 0.05) is 18.9 Å². The summed E-state index contributed by atoms with van der Waals surface area (Å²) in [6.45, 7) is 7.60. The molecule has 3 nitrogen and oxygen atoms in total. The summed E-state index contributed by atoms with van der Waals surface area (Å²) in [5, 5.41) is 0. The van der Waals surface area contributed by atoms with E-state index < -0.39 is 0 Å². The van der Waals surface area contributed by atoms with Crippen LogP contribution in [0.25, 0.3) is 0 Å². The van der Waals surface area contributed by atoms with E-state index in [1.807, 2.05) is 12.3 Å². The van der Waals surface area contributed by atoms with E-state index in [9.17, 15) is 0 Å². The standard InChI is InChI=1S/C17H21N3/c1-17(2,3)14-10-11-18-16-15(14)19(4)12-20(16)13-8-6-5-7-9-13/h5-11H,12H2,1-4H3. The number of benzene rings is 1. The van der Waals surface area contributed by atoms with E-state index in [1.165, 1.54) is 16.9 Å². The first-order valence-electron chi connectivity index (χ1n) is 7.01. The molecule has 0 amide bonds. The fraction of sp³-hybridized carbons (Fsp3) is 0.353. The first kappa shape index (κ1) is 13.0. The van der Waals surface area contributed by atoms with Crippen LogP contribution in [0.4, 0.5) is 17.2 Å². The molecule has 1 aromatic carbocycles. The van der Waals surface area contributed by atoms with Crippen molar-refractivity contribution in [3.05, 3.63) is 48.2 Å². The van der Waals surface area contributed by atoms with Crippen molar-refractivity contribution in [2.75, 3.05) is 23.5 Å². The summed E-state index contributed by atoms with van der Waals surface area (Å²) in [4.78, 5) is 9.18. The van der Waals surface area contributed by atoms with Gasteiger partial charge in [-0.25, -0.2) is 4.98 Å². The number of rotatable bonds is 1. The van der Waals surface area contributed by atoms with Gasteiger partial charge in [-0.1, -0.05) is 39.0 Å². The molecule has 2 heterocycles. The van der Waals surface area contributed by atoms with Crippen LogP contribution < -0.4 is 9.80 Å². The lowest BCUT2D eigenvalue weighted by atomic mass is 9.86. The van der Waals surface area contributed by atoms with Crippen LogP contribution in [0.3, 0.4) is 0 Å². The van der Waals surface area contributed by atoms with Gasteiger partial charge in [-0.2, -0.15) is 0 Å². The van der Waals surface area contributed by atoms with Crippen molar-refractivity contribution >= 4 is 17.2 Å². The zero-order valence-electron chi connectivity index (χ0n) is 12.6. The molecule has 0 fully saturated rings. The molecule has 0 aliphatic carbocycles. The molecule has 0 unspecified atom stereocenters. The second kappa shape index (κ2) is 4.51. The molecule has 1 aliphatic rings. The second-order valence-corrected chi connectivity index (χ2v) is 6.38. The van der Waals surface area contributed by atoms with E-state index in [2.05, 4.69) is 72.9 Å². The molecule has 0 spiro atoms. The number of nitrogens with zero attached hydrogens (tertiary/aromatic N) is 3. The van der Waals surface area contributed by atoms with E-state index in [0.717, 1.165) is 12.5 Å². The molecule has 3 heteroatoms. The fourth-order valence-electron chi connectivity index (χ4n) is 2.78. The third-order valence-corrected chi connectivity index (χ3v) is 3.77. The minimum Gasteiger partial charge on any atom is -0.353 e. The van der Waals surface area contributed by atoms with Gasteiger partial charge in [-0.05, 0) is 29.2 Å². The van der Waals surface area contributed by atoms with Crippen LogP contribution in [0, 0.1) is 0 Å². The Balaban J connectivity index is 2.13. The predicted molar refractivity (Wildman–Crippen MR) is 84.8 cm³/mol. The Morgan fingerprint density at radius 2 is 1.75 bits per heavy atom. The number of hydrogen-bond acceptors (Lipinski definition) is 3. The van der Waals surface area contributed by atoms with Crippen LogP contribution in [0.2, 0.25) is 0 Å². The lowest BCUT2D eigenvalue weighted by Crippen LogP contribution is -2.25. The fourth-order valence-corrected chi connectivity index (χ4v) is 2.78. The number of fused-ring (bicyclic) bond motifs is 1. The number of para-hydroxylation sites is 1. The summed E-state index contributed by atoms with van der Waals surface area (Å²) in [5.41, 5.74) is 3.91. The highest BCUT2D eigenvalue weighted by Crippen LogP contribution is 2.43. The maximum absolute atomic E-state index is 4.63. The van der Waals surface area contributed by atoms with E-state index >= 15 is 0 Å². The van der Waals surface area contributed by atoms with Crippen molar-refractivity contribution in [1.82, 2.24) is 4.98 Å². The third kappa shape index (κ3) is 2.03. The van der Waals surface area contributed by atoms with Gasteiger partial charge in [0.05, 0.1) is 12.4 Å². The highest BCUT2D eigenvalue weighted by molar-refractivity contribution is 5.82. The minimum absolute atomic E-state index is 0.119. The topological polar surface area (TPSA) is 19.4 Å². The summed E-state index contributed by atoms with van der Waals surface area (Å²) >= 11 is 0. The molecule has 104 valence electrons. The molecular weight excluding hydrogens is 246 g/mol. The van der Waals surface area contributed by atoms with Crippen molar-refractivity contribution in [2.45, 2.75) is 26.2 Å². The highest BCUT2D eigenvalue weighted by Gasteiger charge is 2.31. The molecule has 1 aliphatic heterocycles. The summed E-state index contributed by atoms with van der Waals surface area (Å²) in [5.74, 6) is 1.06. The van der Waals surface area contributed by atoms with Gasteiger partial charge < -0.3 is 9.80 Å². The smallest absolute Gasteiger partial charge is 0.158 e. The molecule has 0 radical (unpaired) electrons. The number of anilines is 3. The zero-order valence-corrected chi connectivity index (χ0v) is 12.6. The average Bonchev–Trinajstić information content (AvgIpc) is 2.76. The Hall–Kier alpha value is -2.03. The van der Waals surface area contributed by atoms with Gasteiger partial charge in [0.1, 0.15) is 0 Å². The summed E-state index contributed by atoms with van der Waals surface area (Å²) in [7, 11) is 2.14. The van der Waals surface area contributed by atoms with E-state index in [-0.39, 0.29) is 5.41 Å². The zero-order chi connectivity index (χ0) is 14.3. The molecule has 20 heavy (non-hydrogen) atoms. The maximum Gasteiger partial charge on any atom is 0.158 e. The Kier molecular flexibility index (Phi) is 2.93. The molecule has 2 aromatic rings. The average molecular weight is 267 g/mol. The first-order chi connectivity index (χ1) is 9.48. The first-order valence-corrected chi connectivity index (χ1v) is 7.01. The SMILES string of the molecule is CN1CN(c2ccccc2)c2nccc(C(C)(C)C)c21. The Morgan fingerprint density at radius 3 is 2.40 bits per heavy atom. The monoisotopic (exact) mass is 267 g/mol. The summed E-state index contributed by atoms with van der Waals surface area (Å²) < 4.78 is 0. The highest BCUT2D eigenvalue weighted by atomic mass is 15.4. The molecule has 0 atom stereocenters. The van der Waals surface area contributed by atoms with E-state index in [4.69, 9.17) is 0 Å². The van der Waals surface area contributed by atoms with Gasteiger partial charge in [0.25, 0.3) is 0 Å². The Morgan fingerprint density at radius 1 is 1.05 bits per heavy atom. The Bertz CT molecular complexity index is 614. The van der Waals surface area contributed by atoms with Crippen LogP contribution in [-0.2, 0) is 5.41 Å². The summed E-state index contributed by atoms with van der Waals surface area (Å²) in [6.07, 6.45) is 1.93.